The Morgan fingerprint density at radius 2 is 2.11 bits per heavy atom. The van der Waals surface area contributed by atoms with E-state index in [1.807, 2.05) is 0 Å². The molecule has 0 amide bonds. The van der Waals surface area contributed by atoms with E-state index in [9.17, 15) is 4.79 Å². The molecule has 0 bridgehead atoms. The summed E-state index contributed by atoms with van der Waals surface area (Å²) < 4.78 is 4.64. The van der Waals surface area contributed by atoms with Crippen molar-refractivity contribution in [3.63, 3.8) is 0 Å². The predicted molar refractivity (Wildman–Crippen MR) is 68.4 cm³/mol. The van der Waals surface area contributed by atoms with Gasteiger partial charge >= 0.3 is 5.97 Å². The standard InChI is InChI=1S/C13H19N3O2/c1-9-3-5-10(6-4-9)15-13-14-8-7-11(16-13)12(17)18-2/h7-10H,3-6H2,1-2H3,(H,14,15,16). The van der Waals surface area contributed by atoms with E-state index in [1.165, 1.54) is 20.0 Å². The lowest BCUT2D eigenvalue weighted by atomic mass is 9.87. The first kappa shape index (κ1) is 12.8. The summed E-state index contributed by atoms with van der Waals surface area (Å²) in [4.78, 5) is 19.7. The molecule has 0 radical (unpaired) electrons. The number of nitrogens with one attached hydrogen (secondary N) is 1. The van der Waals surface area contributed by atoms with E-state index >= 15 is 0 Å². The molecule has 2 rings (SSSR count). The minimum Gasteiger partial charge on any atom is -0.464 e. The van der Waals surface area contributed by atoms with E-state index in [4.69, 9.17) is 0 Å². The summed E-state index contributed by atoms with van der Waals surface area (Å²) in [6.45, 7) is 2.28. The zero-order valence-corrected chi connectivity index (χ0v) is 10.8. The van der Waals surface area contributed by atoms with Crippen LogP contribution in [0.15, 0.2) is 12.3 Å². The Hall–Kier alpha value is -1.65. The van der Waals surface area contributed by atoms with Crippen molar-refractivity contribution in [3.8, 4) is 0 Å². The van der Waals surface area contributed by atoms with Crippen LogP contribution in [-0.4, -0.2) is 29.1 Å². The molecule has 5 heteroatoms. The lowest BCUT2D eigenvalue weighted by Gasteiger charge is -2.26. The van der Waals surface area contributed by atoms with E-state index < -0.39 is 5.97 Å². The Kier molecular flexibility index (Phi) is 4.12. The van der Waals surface area contributed by atoms with Gasteiger partial charge in [0.15, 0.2) is 5.69 Å². The van der Waals surface area contributed by atoms with Gasteiger partial charge in [-0.2, -0.15) is 0 Å². The van der Waals surface area contributed by atoms with Crippen molar-refractivity contribution in [2.24, 2.45) is 5.92 Å². The van der Waals surface area contributed by atoms with Gasteiger partial charge in [-0.3, -0.25) is 0 Å². The Balaban J connectivity index is 1.99. The molecule has 1 saturated carbocycles. The fourth-order valence-electron chi connectivity index (χ4n) is 2.23. The van der Waals surface area contributed by atoms with Crippen molar-refractivity contribution < 1.29 is 9.53 Å². The molecule has 0 spiro atoms. The van der Waals surface area contributed by atoms with Crippen LogP contribution in [0.3, 0.4) is 0 Å². The topological polar surface area (TPSA) is 64.1 Å². The lowest BCUT2D eigenvalue weighted by Crippen LogP contribution is -2.26. The Morgan fingerprint density at radius 1 is 1.39 bits per heavy atom. The van der Waals surface area contributed by atoms with Gasteiger partial charge < -0.3 is 10.1 Å². The van der Waals surface area contributed by atoms with Gasteiger partial charge in [-0.15, -0.1) is 0 Å². The molecule has 0 saturated heterocycles. The Bertz CT molecular complexity index is 414. The van der Waals surface area contributed by atoms with E-state index in [1.54, 1.807) is 12.3 Å². The molecule has 1 fully saturated rings. The molecular formula is C13H19N3O2. The zero-order chi connectivity index (χ0) is 13.0. The smallest absolute Gasteiger partial charge is 0.356 e. The van der Waals surface area contributed by atoms with Crippen LogP contribution in [0.5, 0.6) is 0 Å². The maximum atomic E-state index is 11.4. The number of anilines is 1. The van der Waals surface area contributed by atoms with Gasteiger partial charge in [-0.05, 0) is 37.7 Å². The second-order valence-electron chi connectivity index (χ2n) is 4.86. The van der Waals surface area contributed by atoms with Crippen molar-refractivity contribution in [2.75, 3.05) is 12.4 Å². The van der Waals surface area contributed by atoms with E-state index in [-0.39, 0.29) is 0 Å². The molecule has 1 aliphatic rings. The number of ether oxygens (including phenoxy) is 1. The highest BCUT2D eigenvalue weighted by Gasteiger charge is 2.19. The summed E-state index contributed by atoms with van der Waals surface area (Å²) in [6.07, 6.45) is 6.30. The highest BCUT2D eigenvalue weighted by molar-refractivity contribution is 5.87. The average Bonchev–Trinajstić information content (AvgIpc) is 2.41. The van der Waals surface area contributed by atoms with Gasteiger partial charge in [0, 0.05) is 12.2 Å². The maximum Gasteiger partial charge on any atom is 0.356 e. The molecular weight excluding hydrogens is 230 g/mol. The van der Waals surface area contributed by atoms with Crippen molar-refractivity contribution in [1.29, 1.82) is 0 Å². The Labute approximate surface area is 107 Å². The van der Waals surface area contributed by atoms with Crippen LogP contribution < -0.4 is 5.32 Å². The molecule has 0 aromatic carbocycles. The first-order valence-corrected chi connectivity index (χ1v) is 6.37. The van der Waals surface area contributed by atoms with Gasteiger partial charge in [-0.25, -0.2) is 14.8 Å². The fourth-order valence-corrected chi connectivity index (χ4v) is 2.23. The van der Waals surface area contributed by atoms with E-state index in [0.717, 1.165) is 18.8 Å². The van der Waals surface area contributed by atoms with Crippen LogP contribution in [0.1, 0.15) is 43.1 Å². The number of nitrogens with zero attached hydrogens (tertiary/aromatic N) is 2. The van der Waals surface area contributed by atoms with Crippen LogP contribution in [0.25, 0.3) is 0 Å². The first-order valence-electron chi connectivity index (χ1n) is 6.37. The number of aromatic nitrogens is 2. The highest BCUT2D eigenvalue weighted by Crippen LogP contribution is 2.25. The van der Waals surface area contributed by atoms with Crippen molar-refractivity contribution in [2.45, 2.75) is 38.6 Å². The van der Waals surface area contributed by atoms with Crippen molar-refractivity contribution >= 4 is 11.9 Å². The molecule has 1 aliphatic carbocycles. The largest absolute Gasteiger partial charge is 0.464 e. The van der Waals surface area contributed by atoms with Crippen molar-refractivity contribution in [3.05, 3.63) is 18.0 Å². The third-order valence-corrected chi connectivity index (χ3v) is 3.40. The monoisotopic (exact) mass is 249 g/mol. The Morgan fingerprint density at radius 3 is 2.78 bits per heavy atom. The molecule has 18 heavy (non-hydrogen) atoms. The lowest BCUT2D eigenvalue weighted by molar-refractivity contribution is 0.0594. The van der Waals surface area contributed by atoms with Crippen molar-refractivity contribution in [1.82, 2.24) is 9.97 Å². The van der Waals surface area contributed by atoms with Crippen LogP contribution in [0.2, 0.25) is 0 Å². The number of methoxy groups -OCH3 is 1. The summed E-state index contributed by atoms with van der Waals surface area (Å²) >= 11 is 0. The molecule has 1 aromatic heterocycles. The van der Waals surface area contributed by atoms with Gasteiger partial charge in [0.25, 0.3) is 0 Å². The summed E-state index contributed by atoms with van der Waals surface area (Å²) in [5, 5.41) is 3.29. The molecule has 0 unspecified atom stereocenters. The number of hydrogen-bond acceptors (Lipinski definition) is 5. The van der Waals surface area contributed by atoms with E-state index in [2.05, 4.69) is 26.9 Å². The van der Waals surface area contributed by atoms with Gasteiger partial charge in [-0.1, -0.05) is 6.92 Å². The fraction of sp³-hybridized carbons (Fsp3) is 0.615. The van der Waals surface area contributed by atoms with Gasteiger partial charge in [0.05, 0.1) is 7.11 Å². The maximum absolute atomic E-state index is 11.4. The number of carbonyl (C=O) groups excluding carboxylic acids is 1. The molecule has 1 heterocycles. The normalized spacial score (nSPS) is 23.4. The summed E-state index contributed by atoms with van der Waals surface area (Å²) in [5.41, 5.74) is 0.291. The summed E-state index contributed by atoms with van der Waals surface area (Å²) in [7, 11) is 1.35. The van der Waals surface area contributed by atoms with Crippen LogP contribution in [0.4, 0.5) is 5.95 Å². The third kappa shape index (κ3) is 3.18. The molecule has 0 aliphatic heterocycles. The van der Waals surface area contributed by atoms with Crippen LogP contribution >= 0.6 is 0 Å². The van der Waals surface area contributed by atoms with Gasteiger partial charge in [0.1, 0.15) is 0 Å². The summed E-state index contributed by atoms with van der Waals surface area (Å²) in [6, 6.07) is 1.97. The quantitative estimate of drug-likeness (QED) is 0.832. The molecule has 1 N–H and O–H groups in total. The second-order valence-corrected chi connectivity index (χ2v) is 4.86. The third-order valence-electron chi connectivity index (χ3n) is 3.40. The molecule has 0 atom stereocenters. The minimum absolute atomic E-state index is 0.291. The van der Waals surface area contributed by atoms with Gasteiger partial charge in [0.2, 0.25) is 5.95 Å². The number of esters is 1. The first-order chi connectivity index (χ1) is 8.69. The summed E-state index contributed by atoms with van der Waals surface area (Å²) in [5.74, 6) is 0.889. The number of hydrogen-bond donors (Lipinski definition) is 1. The van der Waals surface area contributed by atoms with Crippen LogP contribution in [-0.2, 0) is 4.74 Å². The highest BCUT2D eigenvalue weighted by atomic mass is 16.5. The van der Waals surface area contributed by atoms with Crippen LogP contribution in [0, 0.1) is 5.92 Å². The number of carbonyl (C=O) groups is 1. The SMILES string of the molecule is COC(=O)c1ccnc(NC2CCC(C)CC2)n1. The number of rotatable bonds is 3. The van der Waals surface area contributed by atoms with E-state index in [0.29, 0.717) is 17.7 Å². The second kappa shape index (κ2) is 5.80. The molecule has 1 aromatic rings. The predicted octanol–water partition coefficient (Wildman–Crippen LogP) is 2.25. The zero-order valence-electron chi connectivity index (χ0n) is 10.8. The minimum atomic E-state index is -0.433. The molecule has 98 valence electrons. The average molecular weight is 249 g/mol. The molecule has 5 nitrogen and oxygen atoms in total.